The number of aryl methyl sites for hydroxylation is 1. The number of anilines is 1. The summed E-state index contributed by atoms with van der Waals surface area (Å²) in [6.07, 6.45) is 1.35. The Morgan fingerprint density at radius 2 is 1.84 bits per heavy atom. The lowest BCUT2D eigenvalue weighted by Gasteiger charge is -2.29. The molecule has 14 heteroatoms. The van der Waals surface area contributed by atoms with Gasteiger partial charge >= 0.3 is 5.97 Å². The van der Waals surface area contributed by atoms with E-state index in [1.54, 1.807) is 0 Å². The molecular weight excluding hydrogens is 562 g/mol. The van der Waals surface area contributed by atoms with Gasteiger partial charge in [-0.25, -0.2) is 0 Å². The van der Waals surface area contributed by atoms with Gasteiger partial charge in [0.15, 0.2) is 17.3 Å². The van der Waals surface area contributed by atoms with Crippen molar-refractivity contribution < 1.29 is 44.3 Å². The summed E-state index contributed by atoms with van der Waals surface area (Å²) < 4.78 is 5.78. The minimum absolute atomic E-state index is 0.0192. The molecule has 5 N–H and O–H groups in total. The molecule has 2 aliphatic rings. The quantitative estimate of drug-likeness (QED) is 0.111. The van der Waals surface area contributed by atoms with E-state index < -0.39 is 40.2 Å². The second-order valence-electron chi connectivity index (χ2n) is 10.4. The summed E-state index contributed by atoms with van der Waals surface area (Å²) in [5.74, 6) is -4.15. The summed E-state index contributed by atoms with van der Waals surface area (Å²) in [7, 11) is 0. The number of aromatic hydroxyl groups is 3. The molecule has 0 bridgehead atoms. The smallest absolute Gasteiger partial charge is 0.303 e. The standard InChI is InChI=1S/C29H27N5O9/c1-12-24(40)22(14(3)35)26-23(25(12)41)29(4)19(43-26)11-18(37)21(27(29)42)13(2)30-16-10-15(7-8-17(16)36)28-31-33-34(32-28)9-5-6-20(38)39/h7-8,10-11,30,36,40-41H,5-6,9H2,1-4H3,(H,38,39)/t29-/m0/s1. The largest absolute Gasteiger partial charge is 0.507 e. The van der Waals surface area contributed by atoms with Crippen LogP contribution in [0.5, 0.6) is 23.0 Å². The number of phenols is 3. The average Bonchev–Trinajstić information content (AvgIpc) is 3.51. The number of Topliss-reactive ketones (excluding diaryl/α,β-unsaturated/α-hetero) is 2. The molecule has 14 nitrogen and oxygen atoms in total. The maximum atomic E-state index is 14.0. The number of ether oxygens (including phenoxy) is 1. The SMILES string of the molecule is CC(=O)c1c(O)c(C)c(O)c2c1OC1=CC(=O)C(=C(C)Nc3cc(-c4nnn(CCCC(=O)O)n4)ccc3O)C(=O)[C@@]12C. The number of carbonyl (C=O) groups excluding carboxylic acids is 3. The molecule has 1 atom stereocenters. The van der Waals surface area contributed by atoms with Crippen molar-refractivity contribution in [2.24, 2.45) is 0 Å². The number of carbonyl (C=O) groups is 4. The van der Waals surface area contributed by atoms with Gasteiger partial charge in [0.05, 0.1) is 23.4 Å². The Labute approximate surface area is 243 Å². The maximum absolute atomic E-state index is 14.0. The molecule has 3 aromatic rings. The van der Waals surface area contributed by atoms with Crippen molar-refractivity contribution in [1.82, 2.24) is 20.2 Å². The Bertz CT molecular complexity index is 1820. The van der Waals surface area contributed by atoms with E-state index in [4.69, 9.17) is 9.84 Å². The third-order valence-electron chi connectivity index (χ3n) is 7.54. The summed E-state index contributed by atoms with van der Waals surface area (Å²) in [4.78, 5) is 51.7. The first-order chi connectivity index (χ1) is 20.2. The highest BCUT2D eigenvalue weighted by atomic mass is 16.5. The molecule has 0 spiro atoms. The zero-order valence-corrected chi connectivity index (χ0v) is 23.5. The topological polar surface area (TPSA) is 214 Å². The number of allylic oxidation sites excluding steroid dienone is 4. The summed E-state index contributed by atoms with van der Waals surface area (Å²) >= 11 is 0. The zero-order chi connectivity index (χ0) is 31.4. The fourth-order valence-electron chi connectivity index (χ4n) is 5.23. The molecule has 0 saturated heterocycles. The first kappa shape index (κ1) is 29.0. The van der Waals surface area contributed by atoms with Crippen LogP contribution in [0.2, 0.25) is 0 Å². The predicted octanol–water partition coefficient (Wildman–Crippen LogP) is 2.90. The summed E-state index contributed by atoms with van der Waals surface area (Å²) in [5, 5.41) is 55.9. The van der Waals surface area contributed by atoms with Gasteiger partial charge in [0.2, 0.25) is 5.82 Å². The van der Waals surface area contributed by atoms with Crippen LogP contribution >= 0.6 is 0 Å². The number of phenolic OH excluding ortho intramolecular Hbond substituents is 3. The van der Waals surface area contributed by atoms with Gasteiger partial charge in [0, 0.05) is 29.3 Å². The third-order valence-corrected chi connectivity index (χ3v) is 7.54. The van der Waals surface area contributed by atoms with E-state index in [1.165, 1.54) is 50.7 Å². The summed E-state index contributed by atoms with van der Waals surface area (Å²) in [6, 6.07) is 4.39. The van der Waals surface area contributed by atoms with E-state index in [2.05, 4.69) is 20.7 Å². The number of hydrogen-bond acceptors (Lipinski definition) is 12. The van der Waals surface area contributed by atoms with Crippen LogP contribution in [0.3, 0.4) is 0 Å². The van der Waals surface area contributed by atoms with Crippen LogP contribution < -0.4 is 10.1 Å². The molecule has 0 saturated carbocycles. The number of carboxylic acid groups (broad SMARTS) is 1. The van der Waals surface area contributed by atoms with Crippen LogP contribution in [0, 0.1) is 6.92 Å². The number of fused-ring (bicyclic) bond motifs is 3. The molecule has 222 valence electrons. The Hall–Kier alpha value is -5.53. The lowest BCUT2D eigenvalue weighted by molar-refractivity contribution is -0.137. The number of benzene rings is 2. The van der Waals surface area contributed by atoms with Crippen molar-refractivity contribution in [1.29, 1.82) is 0 Å². The lowest BCUT2D eigenvalue weighted by Crippen LogP contribution is -2.40. The van der Waals surface area contributed by atoms with Gasteiger partial charge in [0.1, 0.15) is 39.7 Å². The molecule has 43 heavy (non-hydrogen) atoms. The molecule has 1 aromatic heterocycles. The predicted molar refractivity (Wildman–Crippen MR) is 149 cm³/mol. The molecule has 0 unspecified atom stereocenters. The normalized spacial score (nSPS) is 18.5. The van der Waals surface area contributed by atoms with Crippen molar-refractivity contribution in [3.05, 3.63) is 58.0 Å². The number of rotatable bonds is 8. The number of aromatic nitrogens is 4. The summed E-state index contributed by atoms with van der Waals surface area (Å²) in [6.45, 7) is 5.76. The van der Waals surface area contributed by atoms with Crippen LogP contribution in [0.15, 0.2) is 41.3 Å². The van der Waals surface area contributed by atoms with Crippen molar-refractivity contribution in [2.45, 2.75) is 52.5 Å². The number of aliphatic carboxylic acids is 1. The van der Waals surface area contributed by atoms with Gasteiger partial charge in [0.25, 0.3) is 0 Å². The highest BCUT2D eigenvalue weighted by Gasteiger charge is 2.56. The van der Waals surface area contributed by atoms with Gasteiger partial charge in [-0.05, 0) is 57.5 Å². The van der Waals surface area contributed by atoms with E-state index in [0.717, 1.165) is 6.08 Å². The van der Waals surface area contributed by atoms with Gasteiger partial charge in [-0.2, -0.15) is 4.80 Å². The molecule has 1 aliphatic heterocycles. The number of hydrogen-bond donors (Lipinski definition) is 5. The Kier molecular flexibility index (Phi) is 7.00. The number of carboxylic acids is 1. The first-order valence-electron chi connectivity index (χ1n) is 13.2. The summed E-state index contributed by atoms with van der Waals surface area (Å²) in [5.41, 5.74) is -1.59. The number of tetrazole rings is 1. The second-order valence-corrected chi connectivity index (χ2v) is 10.4. The third kappa shape index (κ3) is 4.66. The van der Waals surface area contributed by atoms with Crippen LogP contribution in [0.25, 0.3) is 11.4 Å². The number of nitrogens with one attached hydrogen (secondary N) is 1. The molecule has 2 heterocycles. The second kappa shape index (κ2) is 10.4. The zero-order valence-electron chi connectivity index (χ0n) is 23.5. The van der Waals surface area contributed by atoms with Crippen molar-refractivity contribution in [3.63, 3.8) is 0 Å². The van der Waals surface area contributed by atoms with E-state index in [1.807, 2.05) is 0 Å². The molecule has 0 amide bonds. The van der Waals surface area contributed by atoms with Crippen molar-refractivity contribution in [3.8, 4) is 34.4 Å². The minimum atomic E-state index is -1.69. The van der Waals surface area contributed by atoms with E-state index in [-0.39, 0.29) is 69.7 Å². The Morgan fingerprint density at radius 3 is 2.51 bits per heavy atom. The van der Waals surface area contributed by atoms with Crippen molar-refractivity contribution >= 4 is 29.0 Å². The van der Waals surface area contributed by atoms with E-state index in [0.29, 0.717) is 12.0 Å². The van der Waals surface area contributed by atoms with Crippen molar-refractivity contribution in [2.75, 3.05) is 5.32 Å². The molecule has 0 radical (unpaired) electrons. The fraction of sp³-hybridized carbons (Fsp3) is 0.276. The first-order valence-corrected chi connectivity index (χ1v) is 13.2. The molecule has 1 aliphatic carbocycles. The van der Waals surface area contributed by atoms with Crippen LogP contribution in [0.4, 0.5) is 5.69 Å². The minimum Gasteiger partial charge on any atom is -0.507 e. The monoisotopic (exact) mass is 589 g/mol. The van der Waals surface area contributed by atoms with Gasteiger partial charge in [-0.15, -0.1) is 10.2 Å². The molecule has 2 aromatic carbocycles. The average molecular weight is 590 g/mol. The van der Waals surface area contributed by atoms with Crippen LogP contribution in [0.1, 0.15) is 55.1 Å². The van der Waals surface area contributed by atoms with Crippen LogP contribution in [-0.4, -0.2) is 64.0 Å². The molecule has 5 rings (SSSR count). The fourth-order valence-corrected chi connectivity index (χ4v) is 5.23. The maximum Gasteiger partial charge on any atom is 0.303 e. The number of nitrogens with zero attached hydrogens (tertiary/aromatic N) is 4. The van der Waals surface area contributed by atoms with E-state index in [9.17, 15) is 34.5 Å². The van der Waals surface area contributed by atoms with Gasteiger partial charge in [-0.3, -0.25) is 19.2 Å². The lowest BCUT2D eigenvalue weighted by atomic mass is 9.70. The van der Waals surface area contributed by atoms with Gasteiger partial charge < -0.3 is 30.5 Å². The molecule has 0 fully saturated rings. The Balaban J connectivity index is 1.51. The highest BCUT2D eigenvalue weighted by Crippen LogP contribution is 2.57. The highest BCUT2D eigenvalue weighted by molar-refractivity contribution is 6.31. The van der Waals surface area contributed by atoms with E-state index >= 15 is 0 Å². The van der Waals surface area contributed by atoms with Gasteiger partial charge in [-0.1, -0.05) is 0 Å². The Morgan fingerprint density at radius 1 is 1.12 bits per heavy atom. The molecular formula is C29H27N5O9. The van der Waals surface area contributed by atoms with Crippen LogP contribution in [-0.2, 0) is 26.3 Å². The number of ketones is 3.